The summed E-state index contributed by atoms with van der Waals surface area (Å²) in [5, 5.41) is 10.5. The third-order valence-electron chi connectivity index (χ3n) is 2.77. The highest BCUT2D eigenvalue weighted by Crippen LogP contribution is 2.11. The van der Waals surface area contributed by atoms with Crippen LogP contribution in [0.4, 0.5) is 5.69 Å². The molecule has 0 aliphatic carbocycles. The molecule has 1 aromatic heterocycles. The van der Waals surface area contributed by atoms with Gasteiger partial charge in [0, 0.05) is 19.2 Å². The first-order valence-electron chi connectivity index (χ1n) is 5.53. The highest BCUT2D eigenvalue weighted by Gasteiger charge is 2.09. The minimum absolute atomic E-state index is 0.0831. The Morgan fingerprint density at radius 2 is 1.75 bits per heavy atom. The molecular formula is C11H10N4O5. The van der Waals surface area contributed by atoms with Crippen molar-refractivity contribution in [2.24, 2.45) is 7.05 Å². The first-order chi connectivity index (χ1) is 9.40. The van der Waals surface area contributed by atoms with Crippen molar-refractivity contribution < 1.29 is 4.92 Å². The number of hydrogen-bond acceptors (Lipinski definition) is 5. The normalized spacial score (nSPS) is 10.4. The quantitative estimate of drug-likeness (QED) is 0.581. The summed E-state index contributed by atoms with van der Waals surface area (Å²) >= 11 is 0. The molecule has 1 N–H and O–H groups in total. The van der Waals surface area contributed by atoms with Gasteiger partial charge < -0.3 is 0 Å². The molecule has 2 rings (SSSR count). The topological polar surface area (TPSA) is 120 Å². The molecule has 2 aromatic rings. The molecule has 0 atom stereocenters. The lowest BCUT2D eigenvalue weighted by atomic mass is 10.2. The van der Waals surface area contributed by atoms with Crippen molar-refractivity contribution in [1.82, 2.24) is 14.1 Å². The van der Waals surface area contributed by atoms with Crippen LogP contribution in [-0.4, -0.2) is 19.0 Å². The van der Waals surface area contributed by atoms with Crippen LogP contribution in [-0.2, 0) is 13.6 Å². The number of benzene rings is 1. The number of aromatic amines is 1. The molecule has 0 aliphatic rings. The molecule has 0 fully saturated rings. The molecule has 0 saturated heterocycles. The Kier molecular flexibility index (Phi) is 3.34. The molecule has 0 aliphatic heterocycles. The van der Waals surface area contributed by atoms with E-state index in [9.17, 15) is 24.5 Å². The maximum Gasteiger partial charge on any atom is 0.336 e. The van der Waals surface area contributed by atoms with Gasteiger partial charge in [0.2, 0.25) is 0 Å². The van der Waals surface area contributed by atoms with Crippen molar-refractivity contribution in [3.8, 4) is 0 Å². The summed E-state index contributed by atoms with van der Waals surface area (Å²) in [6.45, 7) is -0.0831. The number of nitro benzene ring substituents is 1. The van der Waals surface area contributed by atoms with E-state index in [1.807, 2.05) is 4.98 Å². The fourth-order valence-electron chi connectivity index (χ4n) is 1.64. The standard InChI is InChI=1S/C11H10N4O5/c1-13-9(16)12-10(17)14(11(13)18)6-7-2-4-8(5-3-7)15(19)20/h2-5H,6H2,1H3,(H,12,16,17). The Labute approximate surface area is 110 Å². The molecule has 0 spiro atoms. The predicted molar refractivity (Wildman–Crippen MR) is 68.8 cm³/mol. The van der Waals surface area contributed by atoms with Crippen LogP contribution in [0.5, 0.6) is 0 Å². The zero-order chi connectivity index (χ0) is 14.9. The van der Waals surface area contributed by atoms with E-state index in [2.05, 4.69) is 0 Å². The first kappa shape index (κ1) is 13.5. The molecule has 9 heteroatoms. The molecule has 1 heterocycles. The van der Waals surface area contributed by atoms with Gasteiger partial charge in [0.25, 0.3) is 5.69 Å². The molecule has 0 amide bonds. The lowest BCUT2D eigenvalue weighted by molar-refractivity contribution is -0.384. The van der Waals surface area contributed by atoms with Gasteiger partial charge in [0.15, 0.2) is 0 Å². The van der Waals surface area contributed by atoms with E-state index in [-0.39, 0.29) is 12.2 Å². The Morgan fingerprint density at radius 1 is 1.15 bits per heavy atom. The van der Waals surface area contributed by atoms with Gasteiger partial charge in [-0.3, -0.25) is 15.1 Å². The lowest BCUT2D eigenvalue weighted by Crippen LogP contribution is -2.48. The van der Waals surface area contributed by atoms with E-state index in [0.717, 1.165) is 9.13 Å². The van der Waals surface area contributed by atoms with Crippen LogP contribution < -0.4 is 17.1 Å². The molecule has 0 saturated carbocycles. The number of hydrogen-bond donors (Lipinski definition) is 1. The fraction of sp³-hybridized carbons (Fsp3) is 0.182. The summed E-state index contributed by atoms with van der Waals surface area (Å²) in [7, 11) is 1.24. The maximum absolute atomic E-state index is 11.8. The van der Waals surface area contributed by atoms with Gasteiger partial charge in [-0.15, -0.1) is 0 Å². The molecule has 1 aromatic carbocycles. The van der Waals surface area contributed by atoms with Gasteiger partial charge in [0.1, 0.15) is 0 Å². The fourth-order valence-corrected chi connectivity index (χ4v) is 1.64. The van der Waals surface area contributed by atoms with Crippen LogP contribution in [0.15, 0.2) is 38.6 Å². The summed E-state index contributed by atoms with van der Waals surface area (Å²) in [4.78, 5) is 46.5. The van der Waals surface area contributed by atoms with E-state index in [1.54, 1.807) is 0 Å². The van der Waals surface area contributed by atoms with E-state index in [0.29, 0.717) is 5.56 Å². The van der Waals surface area contributed by atoms with Crippen LogP contribution in [0.2, 0.25) is 0 Å². The Balaban J connectivity index is 2.43. The zero-order valence-corrected chi connectivity index (χ0v) is 10.4. The van der Waals surface area contributed by atoms with Gasteiger partial charge in [-0.2, -0.15) is 0 Å². The third-order valence-corrected chi connectivity index (χ3v) is 2.77. The molecule has 0 bridgehead atoms. The highest BCUT2D eigenvalue weighted by molar-refractivity contribution is 5.32. The SMILES string of the molecule is Cn1c(=O)[nH]c(=O)n(Cc2ccc([N+](=O)[O-])cc2)c1=O. The van der Waals surface area contributed by atoms with E-state index < -0.39 is 22.0 Å². The number of H-pyrrole nitrogens is 1. The lowest BCUT2D eigenvalue weighted by Gasteiger charge is -2.05. The van der Waals surface area contributed by atoms with Crippen LogP contribution in [0.25, 0.3) is 0 Å². The maximum atomic E-state index is 11.8. The van der Waals surface area contributed by atoms with Crippen molar-refractivity contribution in [3.05, 3.63) is 71.4 Å². The summed E-state index contributed by atoms with van der Waals surface area (Å²) < 4.78 is 1.61. The van der Waals surface area contributed by atoms with Gasteiger partial charge >= 0.3 is 17.1 Å². The number of nitrogens with zero attached hydrogens (tertiary/aromatic N) is 3. The second-order valence-electron chi connectivity index (χ2n) is 4.09. The van der Waals surface area contributed by atoms with Crippen molar-refractivity contribution in [2.45, 2.75) is 6.54 Å². The van der Waals surface area contributed by atoms with Gasteiger partial charge in [0.05, 0.1) is 11.5 Å². The Hall–Kier alpha value is -2.97. The number of nitrogens with one attached hydrogen (secondary N) is 1. The average Bonchev–Trinajstić information content (AvgIpc) is 2.42. The minimum Gasteiger partial charge on any atom is -0.259 e. The predicted octanol–water partition coefficient (Wildman–Crippen LogP) is -0.808. The van der Waals surface area contributed by atoms with Crippen molar-refractivity contribution in [2.75, 3.05) is 0 Å². The zero-order valence-electron chi connectivity index (χ0n) is 10.4. The van der Waals surface area contributed by atoms with Crippen LogP contribution in [0, 0.1) is 10.1 Å². The second kappa shape index (κ2) is 4.96. The molecule has 9 nitrogen and oxygen atoms in total. The van der Waals surface area contributed by atoms with Gasteiger partial charge in [-0.05, 0) is 5.56 Å². The minimum atomic E-state index is -0.823. The third kappa shape index (κ3) is 2.41. The Bertz CT molecular complexity index is 828. The van der Waals surface area contributed by atoms with Crippen molar-refractivity contribution in [1.29, 1.82) is 0 Å². The average molecular weight is 278 g/mol. The summed E-state index contributed by atoms with van der Waals surface area (Å²) in [5.41, 5.74) is -1.93. The smallest absolute Gasteiger partial charge is 0.259 e. The van der Waals surface area contributed by atoms with Crippen LogP contribution in [0.3, 0.4) is 0 Å². The largest absolute Gasteiger partial charge is 0.336 e. The number of rotatable bonds is 3. The van der Waals surface area contributed by atoms with E-state index >= 15 is 0 Å². The summed E-state index contributed by atoms with van der Waals surface area (Å²) in [6.07, 6.45) is 0. The van der Waals surface area contributed by atoms with E-state index in [1.165, 1.54) is 31.3 Å². The van der Waals surface area contributed by atoms with Gasteiger partial charge in [-0.1, -0.05) is 12.1 Å². The summed E-state index contributed by atoms with van der Waals surface area (Å²) in [6, 6.07) is 5.43. The molecule has 20 heavy (non-hydrogen) atoms. The molecule has 0 unspecified atom stereocenters. The van der Waals surface area contributed by atoms with Crippen LogP contribution >= 0.6 is 0 Å². The number of aromatic nitrogens is 3. The molecule has 0 radical (unpaired) electrons. The number of nitro groups is 1. The van der Waals surface area contributed by atoms with Crippen molar-refractivity contribution in [3.63, 3.8) is 0 Å². The van der Waals surface area contributed by atoms with Gasteiger partial charge in [-0.25, -0.2) is 23.5 Å². The highest BCUT2D eigenvalue weighted by atomic mass is 16.6. The first-order valence-corrected chi connectivity index (χ1v) is 5.53. The van der Waals surface area contributed by atoms with Crippen molar-refractivity contribution >= 4 is 5.69 Å². The Morgan fingerprint density at radius 3 is 2.30 bits per heavy atom. The van der Waals surface area contributed by atoms with E-state index in [4.69, 9.17) is 0 Å². The monoisotopic (exact) mass is 278 g/mol. The second-order valence-corrected chi connectivity index (χ2v) is 4.09. The molecular weight excluding hydrogens is 268 g/mol. The summed E-state index contributed by atoms with van der Waals surface area (Å²) in [5.74, 6) is 0. The van der Waals surface area contributed by atoms with Crippen LogP contribution in [0.1, 0.15) is 5.56 Å². The molecule has 104 valence electrons. The number of non-ortho nitro benzene ring substituents is 1.